The molecule has 148 valence electrons. The molecule has 4 aromatic rings. The largest absolute Gasteiger partial charge is 0.484 e. The lowest BCUT2D eigenvalue weighted by Gasteiger charge is -2.11. The second-order valence-electron chi connectivity index (χ2n) is 6.63. The summed E-state index contributed by atoms with van der Waals surface area (Å²) >= 11 is 7.47. The predicted molar refractivity (Wildman–Crippen MR) is 114 cm³/mol. The van der Waals surface area contributed by atoms with Crippen molar-refractivity contribution in [3.05, 3.63) is 58.4 Å². The molecule has 7 nitrogen and oxygen atoms in total. The molecule has 2 aromatic heterocycles. The minimum Gasteiger partial charge on any atom is -0.484 e. The topological polar surface area (TPSA) is 81.4 Å². The van der Waals surface area contributed by atoms with Crippen LogP contribution in [0.4, 0.5) is 5.69 Å². The molecule has 29 heavy (non-hydrogen) atoms. The average Bonchev–Trinajstić information content (AvgIpc) is 3.26. The molecule has 0 unspecified atom stereocenters. The van der Waals surface area contributed by atoms with E-state index in [1.54, 1.807) is 22.7 Å². The molecule has 0 saturated heterocycles. The summed E-state index contributed by atoms with van der Waals surface area (Å²) < 4.78 is 7.27. The highest BCUT2D eigenvalue weighted by atomic mass is 35.5. The first-order chi connectivity index (χ1) is 13.9. The molecule has 0 fully saturated rings. The van der Waals surface area contributed by atoms with Crippen LogP contribution in [-0.2, 0) is 4.79 Å². The Morgan fingerprint density at radius 3 is 2.69 bits per heavy atom. The number of hydrogen-bond donors (Lipinski definition) is 1. The van der Waals surface area contributed by atoms with E-state index >= 15 is 0 Å². The van der Waals surface area contributed by atoms with Gasteiger partial charge in [0, 0.05) is 16.3 Å². The number of amides is 1. The summed E-state index contributed by atoms with van der Waals surface area (Å²) in [6, 6.07) is 11.1. The van der Waals surface area contributed by atoms with Gasteiger partial charge in [-0.2, -0.15) is 9.61 Å². The van der Waals surface area contributed by atoms with Crippen molar-refractivity contribution in [1.29, 1.82) is 0 Å². The fourth-order valence-electron chi connectivity index (χ4n) is 2.81. The summed E-state index contributed by atoms with van der Waals surface area (Å²) in [4.78, 5) is 13.0. The van der Waals surface area contributed by atoms with Crippen LogP contribution < -0.4 is 10.1 Å². The van der Waals surface area contributed by atoms with Crippen molar-refractivity contribution in [1.82, 2.24) is 19.8 Å². The van der Waals surface area contributed by atoms with Crippen molar-refractivity contribution in [2.75, 3.05) is 11.9 Å². The van der Waals surface area contributed by atoms with Gasteiger partial charge in [0.25, 0.3) is 5.91 Å². The molecule has 0 aliphatic carbocycles. The molecule has 0 radical (unpaired) electrons. The van der Waals surface area contributed by atoms with Gasteiger partial charge in [0.1, 0.15) is 10.8 Å². The second kappa shape index (κ2) is 7.81. The Hall–Kier alpha value is -2.97. The van der Waals surface area contributed by atoms with Gasteiger partial charge in [0.05, 0.1) is 0 Å². The zero-order valence-electron chi connectivity index (χ0n) is 16.1. The molecule has 0 bridgehead atoms. The molecule has 4 rings (SSSR count). The summed E-state index contributed by atoms with van der Waals surface area (Å²) in [5, 5.41) is 17.0. The lowest BCUT2D eigenvalue weighted by atomic mass is 10.1. The zero-order chi connectivity index (χ0) is 20.5. The molecule has 0 spiro atoms. The van der Waals surface area contributed by atoms with E-state index in [1.807, 2.05) is 39.0 Å². The van der Waals surface area contributed by atoms with E-state index in [9.17, 15) is 4.79 Å². The molecule has 2 aromatic carbocycles. The van der Waals surface area contributed by atoms with Gasteiger partial charge in [-0.05, 0) is 68.3 Å². The Bertz CT molecular complexity index is 1220. The first-order valence-corrected chi connectivity index (χ1v) is 10.1. The van der Waals surface area contributed by atoms with E-state index in [0.29, 0.717) is 10.8 Å². The summed E-state index contributed by atoms with van der Waals surface area (Å²) in [5.74, 6) is 1.12. The number of rotatable bonds is 5. The standard InChI is InChI=1S/C20H18ClN5O2S/c1-11-9-15(5-6-16(11)21)28-10-18(27)22-17-7-4-14(8-12(17)2)19-25-26-13(3)23-24-20(26)29-19/h4-9H,10H2,1-3H3,(H,22,27). The number of hydrogen-bond acceptors (Lipinski definition) is 6. The smallest absolute Gasteiger partial charge is 0.262 e. The third-order valence-electron chi connectivity index (χ3n) is 4.39. The number of anilines is 1. The Kier molecular flexibility index (Phi) is 5.21. The molecule has 1 N–H and O–H groups in total. The fraction of sp³-hybridized carbons (Fsp3) is 0.200. The van der Waals surface area contributed by atoms with Crippen LogP contribution in [0.3, 0.4) is 0 Å². The second-order valence-corrected chi connectivity index (χ2v) is 7.99. The summed E-state index contributed by atoms with van der Waals surface area (Å²) in [6.07, 6.45) is 0. The van der Waals surface area contributed by atoms with Crippen LogP contribution in [0.5, 0.6) is 5.75 Å². The Morgan fingerprint density at radius 2 is 1.97 bits per heavy atom. The third-order valence-corrected chi connectivity index (χ3v) is 5.77. The van der Waals surface area contributed by atoms with Crippen molar-refractivity contribution in [2.45, 2.75) is 20.8 Å². The lowest BCUT2D eigenvalue weighted by molar-refractivity contribution is -0.118. The molecule has 0 aliphatic rings. The van der Waals surface area contributed by atoms with Crippen LogP contribution in [0, 0.1) is 20.8 Å². The van der Waals surface area contributed by atoms with E-state index < -0.39 is 0 Å². The van der Waals surface area contributed by atoms with Gasteiger partial charge in [-0.25, -0.2) is 0 Å². The van der Waals surface area contributed by atoms with Gasteiger partial charge < -0.3 is 10.1 Å². The number of carbonyl (C=O) groups is 1. The SMILES string of the molecule is Cc1cc(OCC(=O)Nc2ccc(-c3nn4c(C)nnc4s3)cc2C)ccc1Cl. The quantitative estimate of drug-likeness (QED) is 0.509. The monoisotopic (exact) mass is 427 g/mol. The van der Waals surface area contributed by atoms with Crippen molar-refractivity contribution in [3.63, 3.8) is 0 Å². The van der Waals surface area contributed by atoms with Crippen LogP contribution in [0.2, 0.25) is 5.02 Å². The molecule has 9 heteroatoms. The van der Waals surface area contributed by atoms with Gasteiger partial charge in [-0.15, -0.1) is 10.2 Å². The molecular formula is C20H18ClN5O2S. The van der Waals surface area contributed by atoms with Crippen LogP contribution in [0.1, 0.15) is 17.0 Å². The highest BCUT2D eigenvalue weighted by Crippen LogP contribution is 2.28. The Morgan fingerprint density at radius 1 is 1.14 bits per heavy atom. The van der Waals surface area contributed by atoms with Crippen LogP contribution in [-0.4, -0.2) is 32.3 Å². The number of nitrogens with one attached hydrogen (secondary N) is 1. The summed E-state index contributed by atoms with van der Waals surface area (Å²) in [5.41, 5.74) is 3.52. The number of fused-ring (bicyclic) bond motifs is 1. The van der Waals surface area contributed by atoms with E-state index in [2.05, 4.69) is 20.6 Å². The third kappa shape index (κ3) is 4.08. The number of carbonyl (C=O) groups excluding carboxylic acids is 1. The number of aromatic nitrogens is 4. The van der Waals surface area contributed by atoms with Crippen LogP contribution >= 0.6 is 22.9 Å². The number of ether oxygens (including phenoxy) is 1. The fourth-order valence-corrected chi connectivity index (χ4v) is 3.81. The zero-order valence-corrected chi connectivity index (χ0v) is 17.6. The molecule has 0 atom stereocenters. The molecule has 0 saturated carbocycles. The Balaban J connectivity index is 1.43. The normalized spacial score (nSPS) is 11.0. The molecule has 0 aliphatic heterocycles. The van der Waals surface area contributed by atoms with Gasteiger partial charge in [0.15, 0.2) is 12.4 Å². The van der Waals surface area contributed by atoms with E-state index in [0.717, 1.165) is 38.2 Å². The van der Waals surface area contributed by atoms with Crippen LogP contribution in [0.15, 0.2) is 36.4 Å². The van der Waals surface area contributed by atoms with Crippen molar-refractivity contribution >= 4 is 39.5 Å². The minimum atomic E-state index is -0.233. The van der Waals surface area contributed by atoms with E-state index in [1.165, 1.54) is 11.3 Å². The van der Waals surface area contributed by atoms with Gasteiger partial charge >= 0.3 is 0 Å². The van der Waals surface area contributed by atoms with Crippen molar-refractivity contribution in [2.24, 2.45) is 0 Å². The highest BCUT2D eigenvalue weighted by Gasteiger charge is 2.12. The first kappa shape index (κ1) is 19.4. The minimum absolute atomic E-state index is 0.0851. The van der Waals surface area contributed by atoms with Gasteiger partial charge in [-0.1, -0.05) is 22.9 Å². The highest BCUT2D eigenvalue weighted by molar-refractivity contribution is 7.19. The number of halogens is 1. The number of nitrogens with zero attached hydrogens (tertiary/aromatic N) is 4. The first-order valence-electron chi connectivity index (χ1n) is 8.89. The average molecular weight is 428 g/mol. The Labute approximate surface area is 176 Å². The maximum atomic E-state index is 12.3. The predicted octanol–water partition coefficient (Wildman–Crippen LogP) is 4.45. The number of aryl methyl sites for hydroxylation is 3. The maximum absolute atomic E-state index is 12.3. The molecular weight excluding hydrogens is 410 g/mol. The van der Waals surface area contributed by atoms with Gasteiger partial charge in [-0.3, -0.25) is 4.79 Å². The van der Waals surface area contributed by atoms with E-state index in [-0.39, 0.29) is 12.5 Å². The van der Waals surface area contributed by atoms with Crippen molar-refractivity contribution < 1.29 is 9.53 Å². The molecule has 2 heterocycles. The molecule has 1 amide bonds. The maximum Gasteiger partial charge on any atom is 0.262 e. The summed E-state index contributed by atoms with van der Waals surface area (Å²) in [7, 11) is 0. The lowest BCUT2D eigenvalue weighted by Crippen LogP contribution is -2.20. The van der Waals surface area contributed by atoms with Crippen LogP contribution in [0.25, 0.3) is 15.5 Å². The van der Waals surface area contributed by atoms with Crippen molar-refractivity contribution in [3.8, 4) is 16.3 Å². The van der Waals surface area contributed by atoms with Gasteiger partial charge in [0.2, 0.25) is 4.96 Å². The summed E-state index contributed by atoms with van der Waals surface area (Å²) in [6.45, 7) is 5.60. The number of benzene rings is 2. The van der Waals surface area contributed by atoms with E-state index in [4.69, 9.17) is 16.3 Å².